The molecule has 140 valence electrons. The predicted octanol–water partition coefficient (Wildman–Crippen LogP) is 3.65. The zero-order chi connectivity index (χ0) is 17.8. The highest BCUT2D eigenvalue weighted by Crippen LogP contribution is 2.44. The SMILES string of the molecule is COCC1CC2(CCN(Cc3cccs3)CC2)CN1Cc1ccccn1. The molecule has 0 aromatic carbocycles. The minimum atomic E-state index is 0.462. The van der Waals surface area contributed by atoms with Crippen molar-refractivity contribution in [3.63, 3.8) is 0 Å². The van der Waals surface area contributed by atoms with E-state index < -0.39 is 0 Å². The molecule has 2 aromatic rings. The molecule has 2 saturated heterocycles. The van der Waals surface area contributed by atoms with Crippen molar-refractivity contribution in [2.45, 2.75) is 38.4 Å². The second kappa shape index (κ2) is 8.17. The van der Waals surface area contributed by atoms with Gasteiger partial charge in [-0.1, -0.05) is 12.1 Å². The highest BCUT2D eigenvalue weighted by molar-refractivity contribution is 7.09. The van der Waals surface area contributed by atoms with Crippen LogP contribution in [0.3, 0.4) is 0 Å². The fourth-order valence-electron chi connectivity index (χ4n) is 4.67. The van der Waals surface area contributed by atoms with Gasteiger partial charge in [0.25, 0.3) is 0 Å². The number of pyridine rings is 1. The largest absolute Gasteiger partial charge is 0.383 e. The first-order valence-electron chi connectivity index (χ1n) is 9.64. The average molecular weight is 372 g/mol. The molecule has 4 nitrogen and oxygen atoms in total. The summed E-state index contributed by atoms with van der Waals surface area (Å²) in [4.78, 5) is 11.3. The number of rotatable bonds is 6. The van der Waals surface area contributed by atoms with Crippen molar-refractivity contribution >= 4 is 11.3 Å². The van der Waals surface area contributed by atoms with Gasteiger partial charge in [-0.3, -0.25) is 14.8 Å². The van der Waals surface area contributed by atoms with Gasteiger partial charge in [0.2, 0.25) is 0 Å². The summed E-state index contributed by atoms with van der Waals surface area (Å²) in [7, 11) is 1.83. The van der Waals surface area contributed by atoms with Crippen LogP contribution in [0.1, 0.15) is 29.8 Å². The molecule has 0 amide bonds. The van der Waals surface area contributed by atoms with Crippen molar-refractivity contribution < 1.29 is 4.74 Å². The van der Waals surface area contributed by atoms with E-state index in [-0.39, 0.29) is 0 Å². The molecule has 2 fully saturated rings. The van der Waals surface area contributed by atoms with Gasteiger partial charge < -0.3 is 4.74 Å². The highest BCUT2D eigenvalue weighted by atomic mass is 32.1. The lowest BCUT2D eigenvalue weighted by atomic mass is 9.76. The fraction of sp³-hybridized carbons (Fsp3) is 0.571. The third-order valence-electron chi connectivity index (χ3n) is 6.05. The lowest BCUT2D eigenvalue weighted by Gasteiger charge is -2.39. The first kappa shape index (κ1) is 18.1. The van der Waals surface area contributed by atoms with Gasteiger partial charge in [-0.25, -0.2) is 0 Å². The summed E-state index contributed by atoms with van der Waals surface area (Å²) in [6.45, 7) is 6.50. The molecule has 0 N–H and O–H groups in total. The van der Waals surface area contributed by atoms with Crippen LogP contribution >= 0.6 is 11.3 Å². The summed E-state index contributed by atoms with van der Waals surface area (Å²) < 4.78 is 5.55. The van der Waals surface area contributed by atoms with Crippen LogP contribution in [0.2, 0.25) is 0 Å². The number of nitrogens with zero attached hydrogens (tertiary/aromatic N) is 3. The topological polar surface area (TPSA) is 28.6 Å². The predicted molar refractivity (Wildman–Crippen MR) is 106 cm³/mol. The van der Waals surface area contributed by atoms with E-state index in [0.29, 0.717) is 11.5 Å². The van der Waals surface area contributed by atoms with Crippen molar-refractivity contribution in [3.05, 3.63) is 52.5 Å². The van der Waals surface area contributed by atoms with Gasteiger partial charge in [-0.05, 0) is 61.3 Å². The van der Waals surface area contributed by atoms with Gasteiger partial charge in [0.05, 0.1) is 12.3 Å². The number of ether oxygens (including phenoxy) is 1. The average Bonchev–Trinajstić information content (AvgIpc) is 3.27. The molecule has 0 radical (unpaired) electrons. The van der Waals surface area contributed by atoms with Crippen LogP contribution < -0.4 is 0 Å². The van der Waals surface area contributed by atoms with E-state index in [4.69, 9.17) is 4.74 Å². The molecule has 1 unspecified atom stereocenters. The van der Waals surface area contributed by atoms with Crippen LogP contribution in [0.4, 0.5) is 0 Å². The van der Waals surface area contributed by atoms with E-state index in [2.05, 4.69) is 44.4 Å². The zero-order valence-electron chi connectivity index (χ0n) is 15.6. The molecule has 1 atom stereocenters. The molecule has 4 heterocycles. The Labute approximate surface area is 160 Å². The summed E-state index contributed by atoms with van der Waals surface area (Å²) >= 11 is 1.88. The molecule has 2 aromatic heterocycles. The molecule has 4 rings (SSSR count). The second-order valence-corrected chi connectivity index (χ2v) is 8.93. The van der Waals surface area contributed by atoms with Gasteiger partial charge in [0.15, 0.2) is 0 Å². The van der Waals surface area contributed by atoms with E-state index in [1.165, 1.54) is 49.5 Å². The van der Waals surface area contributed by atoms with Crippen LogP contribution in [0.5, 0.6) is 0 Å². The first-order chi connectivity index (χ1) is 12.8. The van der Waals surface area contributed by atoms with Gasteiger partial charge in [0, 0.05) is 43.9 Å². The summed E-state index contributed by atoms with van der Waals surface area (Å²) in [5.74, 6) is 0. The number of likely N-dealkylation sites (tertiary alicyclic amines) is 2. The lowest BCUT2D eigenvalue weighted by molar-refractivity contribution is 0.102. The smallest absolute Gasteiger partial charge is 0.0618 e. The first-order valence-corrected chi connectivity index (χ1v) is 10.5. The van der Waals surface area contributed by atoms with Gasteiger partial charge in [-0.15, -0.1) is 11.3 Å². The molecule has 5 heteroatoms. The normalized spacial score (nSPS) is 23.7. The Morgan fingerprint density at radius 1 is 1.19 bits per heavy atom. The van der Waals surface area contributed by atoms with E-state index >= 15 is 0 Å². The highest BCUT2D eigenvalue weighted by Gasteiger charge is 2.45. The van der Waals surface area contributed by atoms with Gasteiger partial charge in [0.1, 0.15) is 0 Å². The van der Waals surface area contributed by atoms with Crippen LogP contribution in [-0.2, 0) is 17.8 Å². The van der Waals surface area contributed by atoms with E-state index in [0.717, 1.165) is 19.7 Å². The number of piperidine rings is 1. The maximum atomic E-state index is 5.55. The zero-order valence-corrected chi connectivity index (χ0v) is 16.5. The minimum Gasteiger partial charge on any atom is -0.383 e. The number of thiophene rings is 1. The summed E-state index contributed by atoms with van der Waals surface area (Å²) in [6, 6.07) is 11.2. The minimum absolute atomic E-state index is 0.462. The van der Waals surface area contributed by atoms with Crippen molar-refractivity contribution in [1.82, 2.24) is 14.8 Å². The molecule has 1 spiro atoms. The van der Waals surface area contributed by atoms with Crippen LogP contribution in [0, 0.1) is 5.41 Å². The Kier molecular flexibility index (Phi) is 5.69. The second-order valence-electron chi connectivity index (χ2n) is 7.89. The summed E-state index contributed by atoms with van der Waals surface area (Å²) in [5, 5.41) is 2.18. The summed E-state index contributed by atoms with van der Waals surface area (Å²) in [5.41, 5.74) is 1.63. The monoisotopic (exact) mass is 371 g/mol. The molecule has 0 bridgehead atoms. The standard InChI is InChI=1S/C21H29N3OS/c1-25-16-19-13-21(17-24(19)14-18-5-2-3-9-22-18)7-10-23(11-8-21)15-20-6-4-12-26-20/h2-6,9,12,19H,7-8,10-11,13-17H2,1H3. The van der Waals surface area contributed by atoms with E-state index in [1.807, 2.05) is 30.7 Å². The van der Waals surface area contributed by atoms with Crippen LogP contribution in [-0.4, -0.2) is 54.2 Å². The maximum Gasteiger partial charge on any atom is 0.0618 e. The number of methoxy groups -OCH3 is 1. The Balaban J connectivity index is 1.38. The number of aromatic nitrogens is 1. The fourth-order valence-corrected chi connectivity index (χ4v) is 5.41. The van der Waals surface area contributed by atoms with Crippen LogP contribution in [0.15, 0.2) is 41.9 Å². The molecule has 2 aliphatic heterocycles. The third kappa shape index (κ3) is 4.17. The van der Waals surface area contributed by atoms with Crippen molar-refractivity contribution in [2.75, 3.05) is 33.4 Å². The van der Waals surface area contributed by atoms with E-state index in [9.17, 15) is 0 Å². The molecule has 2 aliphatic rings. The van der Waals surface area contributed by atoms with Crippen molar-refractivity contribution in [1.29, 1.82) is 0 Å². The Morgan fingerprint density at radius 3 is 2.77 bits per heavy atom. The Morgan fingerprint density at radius 2 is 2.08 bits per heavy atom. The quantitative estimate of drug-likeness (QED) is 0.775. The van der Waals surface area contributed by atoms with Crippen LogP contribution in [0.25, 0.3) is 0 Å². The maximum absolute atomic E-state index is 5.55. The molecular formula is C21H29N3OS. The Bertz CT molecular complexity index is 668. The molecule has 0 saturated carbocycles. The lowest BCUT2D eigenvalue weighted by Crippen LogP contribution is -2.41. The molecular weight excluding hydrogens is 342 g/mol. The third-order valence-corrected chi connectivity index (χ3v) is 6.91. The Hall–Kier alpha value is -1.27. The van der Waals surface area contributed by atoms with Crippen molar-refractivity contribution in [2.24, 2.45) is 5.41 Å². The summed E-state index contributed by atoms with van der Waals surface area (Å²) in [6.07, 6.45) is 5.77. The van der Waals surface area contributed by atoms with Gasteiger partial charge >= 0.3 is 0 Å². The van der Waals surface area contributed by atoms with Crippen molar-refractivity contribution in [3.8, 4) is 0 Å². The number of hydrogen-bond donors (Lipinski definition) is 0. The van der Waals surface area contributed by atoms with E-state index in [1.54, 1.807) is 0 Å². The molecule has 26 heavy (non-hydrogen) atoms. The number of hydrogen-bond acceptors (Lipinski definition) is 5. The van der Waals surface area contributed by atoms with Gasteiger partial charge in [-0.2, -0.15) is 0 Å². The molecule has 0 aliphatic carbocycles.